The highest BCUT2D eigenvalue weighted by molar-refractivity contribution is 5.85. The maximum absolute atomic E-state index is 13.9. The molecule has 6 rings (SSSR count). The van der Waals surface area contributed by atoms with E-state index in [4.69, 9.17) is 0 Å². The van der Waals surface area contributed by atoms with E-state index in [2.05, 4.69) is 38.5 Å². The molecule has 0 amide bonds. The van der Waals surface area contributed by atoms with Crippen molar-refractivity contribution in [1.29, 1.82) is 0 Å². The Hall–Kier alpha value is -4.04. The number of hydrogen-bond acceptors (Lipinski definition) is 5. The van der Waals surface area contributed by atoms with E-state index < -0.39 is 0 Å². The van der Waals surface area contributed by atoms with Crippen LogP contribution in [0.15, 0.2) is 71.8 Å². The van der Waals surface area contributed by atoms with Crippen molar-refractivity contribution in [2.75, 3.05) is 31.1 Å². The maximum atomic E-state index is 13.9. The average Bonchev–Trinajstić information content (AvgIpc) is 3.23. The summed E-state index contributed by atoms with van der Waals surface area (Å²) in [6, 6.07) is 16.4. The number of aryl methyl sites for hydroxylation is 3. The summed E-state index contributed by atoms with van der Waals surface area (Å²) >= 11 is 0. The molecule has 0 unspecified atom stereocenters. The third-order valence-corrected chi connectivity index (χ3v) is 6.89. The molecule has 1 aliphatic rings. The fourth-order valence-electron chi connectivity index (χ4n) is 4.94. The summed E-state index contributed by atoms with van der Waals surface area (Å²) < 4.78 is 17.3. The van der Waals surface area contributed by atoms with Crippen molar-refractivity contribution in [3.05, 3.63) is 94.3 Å². The van der Waals surface area contributed by atoms with Gasteiger partial charge in [0.05, 0.1) is 22.9 Å². The van der Waals surface area contributed by atoms with Crippen LogP contribution >= 0.6 is 0 Å². The highest BCUT2D eigenvalue weighted by Gasteiger charge is 2.13. The molecule has 1 aliphatic heterocycles. The average molecular weight is 483 g/mol. The Morgan fingerprint density at radius 3 is 2.75 bits per heavy atom. The van der Waals surface area contributed by atoms with E-state index in [1.165, 1.54) is 22.9 Å². The zero-order chi connectivity index (χ0) is 24.6. The van der Waals surface area contributed by atoms with Gasteiger partial charge in [0.2, 0.25) is 0 Å². The smallest absolute Gasteiger partial charge is 0.266 e. The molecule has 182 valence electrons. The molecule has 7 nitrogen and oxygen atoms in total. The van der Waals surface area contributed by atoms with Crippen molar-refractivity contribution < 1.29 is 4.39 Å². The lowest BCUT2D eigenvalue weighted by Gasteiger charge is -2.29. The van der Waals surface area contributed by atoms with Crippen LogP contribution in [0, 0.1) is 12.7 Å². The minimum absolute atomic E-state index is 0.165. The highest BCUT2D eigenvalue weighted by Crippen LogP contribution is 2.25. The molecule has 3 aromatic heterocycles. The van der Waals surface area contributed by atoms with Gasteiger partial charge in [0.25, 0.3) is 5.56 Å². The number of nitrogens with one attached hydrogen (secondary N) is 1. The van der Waals surface area contributed by atoms with Gasteiger partial charge < -0.3 is 10.2 Å². The van der Waals surface area contributed by atoms with Crippen molar-refractivity contribution >= 4 is 27.5 Å². The molecule has 0 saturated carbocycles. The topological polar surface area (TPSA) is 68.0 Å². The number of pyridine rings is 1. The van der Waals surface area contributed by atoms with Crippen molar-refractivity contribution in [3.63, 3.8) is 0 Å². The standard InChI is InChI=1S/C28H27FN6O/c1-19-18-34(26-16-22(29)3-4-24(19)26)27-6-7-28(36)35(32-27)11-8-20-2-5-25-21(14-20)15-23(17-31-25)33-12-9-30-10-13-33/h2-7,14-18,30H,8-13H2,1H3. The number of fused-ring (bicyclic) bond motifs is 2. The first-order chi connectivity index (χ1) is 17.5. The highest BCUT2D eigenvalue weighted by atomic mass is 19.1. The van der Waals surface area contributed by atoms with Crippen molar-refractivity contribution in [2.24, 2.45) is 0 Å². The van der Waals surface area contributed by atoms with Crippen molar-refractivity contribution in [2.45, 2.75) is 19.9 Å². The first-order valence-electron chi connectivity index (χ1n) is 12.3. The predicted molar refractivity (Wildman–Crippen MR) is 141 cm³/mol. The summed E-state index contributed by atoms with van der Waals surface area (Å²) in [5.41, 5.74) is 4.79. The van der Waals surface area contributed by atoms with Crippen LogP contribution in [-0.4, -0.2) is 45.5 Å². The molecule has 0 aliphatic carbocycles. The van der Waals surface area contributed by atoms with Crippen LogP contribution in [-0.2, 0) is 13.0 Å². The Bertz CT molecular complexity index is 1630. The Morgan fingerprint density at radius 1 is 1.03 bits per heavy atom. The minimum Gasteiger partial charge on any atom is -0.368 e. The fraction of sp³-hybridized carbons (Fsp3) is 0.250. The molecule has 2 aromatic carbocycles. The van der Waals surface area contributed by atoms with E-state index >= 15 is 0 Å². The van der Waals surface area contributed by atoms with E-state index in [1.807, 2.05) is 30.0 Å². The lowest BCUT2D eigenvalue weighted by molar-refractivity contribution is 0.572. The van der Waals surface area contributed by atoms with Gasteiger partial charge in [0, 0.05) is 55.8 Å². The van der Waals surface area contributed by atoms with E-state index in [-0.39, 0.29) is 11.4 Å². The summed E-state index contributed by atoms with van der Waals surface area (Å²) in [6.07, 6.45) is 4.53. The molecule has 4 heterocycles. The molecule has 1 saturated heterocycles. The molecule has 5 aromatic rings. The number of aromatic nitrogens is 4. The van der Waals surface area contributed by atoms with E-state index in [0.29, 0.717) is 18.8 Å². The van der Waals surface area contributed by atoms with Gasteiger partial charge in [-0.2, -0.15) is 5.10 Å². The van der Waals surface area contributed by atoms with Gasteiger partial charge >= 0.3 is 0 Å². The SMILES string of the molecule is Cc1cn(-c2ccc(=O)n(CCc3ccc4ncc(N5CCNCC5)cc4c3)n2)c2cc(F)ccc12. The molecule has 0 bridgehead atoms. The zero-order valence-corrected chi connectivity index (χ0v) is 20.1. The quantitative estimate of drug-likeness (QED) is 0.412. The lowest BCUT2D eigenvalue weighted by Crippen LogP contribution is -2.43. The molecule has 0 radical (unpaired) electrons. The molecular formula is C28H27FN6O. The van der Waals surface area contributed by atoms with Crippen LogP contribution in [0.4, 0.5) is 10.1 Å². The monoisotopic (exact) mass is 482 g/mol. The van der Waals surface area contributed by atoms with Crippen LogP contribution in [0.25, 0.3) is 27.6 Å². The Balaban J connectivity index is 1.27. The second-order valence-electron chi connectivity index (χ2n) is 9.30. The number of rotatable bonds is 5. The number of anilines is 1. The van der Waals surface area contributed by atoms with E-state index in [1.54, 1.807) is 12.1 Å². The van der Waals surface area contributed by atoms with E-state index in [9.17, 15) is 9.18 Å². The van der Waals surface area contributed by atoms with E-state index in [0.717, 1.165) is 64.8 Å². The Kier molecular flexibility index (Phi) is 5.73. The largest absolute Gasteiger partial charge is 0.368 e. The maximum Gasteiger partial charge on any atom is 0.266 e. The summed E-state index contributed by atoms with van der Waals surface area (Å²) in [7, 11) is 0. The third-order valence-electron chi connectivity index (χ3n) is 6.89. The number of benzene rings is 2. The number of hydrogen-bond donors (Lipinski definition) is 1. The van der Waals surface area contributed by atoms with Crippen molar-refractivity contribution in [1.82, 2.24) is 24.6 Å². The normalized spacial score (nSPS) is 14.1. The van der Waals surface area contributed by atoms with Crippen LogP contribution in [0.3, 0.4) is 0 Å². The van der Waals surface area contributed by atoms with Gasteiger partial charge in [-0.05, 0) is 66.9 Å². The summed E-state index contributed by atoms with van der Waals surface area (Å²) in [5.74, 6) is 0.280. The molecule has 1 N–H and O–H groups in total. The third kappa shape index (κ3) is 4.24. The van der Waals surface area contributed by atoms with Gasteiger partial charge in [0.15, 0.2) is 5.82 Å². The van der Waals surface area contributed by atoms with Crippen LogP contribution in [0.1, 0.15) is 11.1 Å². The lowest BCUT2D eigenvalue weighted by atomic mass is 10.1. The molecule has 0 spiro atoms. The van der Waals surface area contributed by atoms with Crippen molar-refractivity contribution in [3.8, 4) is 5.82 Å². The van der Waals surface area contributed by atoms with Crippen LogP contribution in [0.5, 0.6) is 0 Å². The van der Waals surface area contributed by atoms with Gasteiger partial charge in [-0.25, -0.2) is 9.07 Å². The summed E-state index contributed by atoms with van der Waals surface area (Å²) in [5, 5.41) is 10.0. The number of nitrogens with zero attached hydrogens (tertiary/aromatic N) is 5. The minimum atomic E-state index is -0.305. The molecule has 36 heavy (non-hydrogen) atoms. The van der Waals surface area contributed by atoms with Gasteiger partial charge in [-0.1, -0.05) is 6.07 Å². The number of piperazine rings is 1. The molecular weight excluding hydrogens is 455 g/mol. The van der Waals surface area contributed by atoms with Crippen LogP contribution < -0.4 is 15.8 Å². The predicted octanol–water partition coefficient (Wildman–Crippen LogP) is 3.84. The zero-order valence-electron chi connectivity index (χ0n) is 20.1. The summed E-state index contributed by atoms with van der Waals surface area (Å²) in [6.45, 7) is 6.32. The molecule has 0 atom stereocenters. The second kappa shape index (κ2) is 9.20. The number of halogens is 1. The molecule has 1 fully saturated rings. The fourth-order valence-corrected chi connectivity index (χ4v) is 4.94. The van der Waals surface area contributed by atoms with Gasteiger partial charge in [0.1, 0.15) is 5.82 Å². The second-order valence-corrected chi connectivity index (χ2v) is 9.30. The summed E-state index contributed by atoms with van der Waals surface area (Å²) in [4.78, 5) is 19.6. The van der Waals surface area contributed by atoms with Gasteiger partial charge in [-0.3, -0.25) is 14.3 Å². The Labute approximate surface area is 207 Å². The van der Waals surface area contributed by atoms with Gasteiger partial charge in [-0.15, -0.1) is 0 Å². The Morgan fingerprint density at radius 2 is 1.89 bits per heavy atom. The van der Waals surface area contributed by atoms with Crippen LogP contribution in [0.2, 0.25) is 0 Å². The first-order valence-corrected chi connectivity index (χ1v) is 12.3. The molecule has 8 heteroatoms. The first kappa shape index (κ1) is 22.4.